The molecule has 1 N–H and O–H groups in total. The lowest BCUT2D eigenvalue weighted by Crippen LogP contribution is -2.31. The Bertz CT molecular complexity index is 1160. The van der Waals surface area contributed by atoms with Gasteiger partial charge in [-0.25, -0.2) is 4.68 Å². The quantitative estimate of drug-likeness (QED) is 0.589. The van der Waals surface area contributed by atoms with Gasteiger partial charge < -0.3 is 10.1 Å². The van der Waals surface area contributed by atoms with Crippen LogP contribution in [0, 0.1) is 6.92 Å². The highest BCUT2D eigenvalue weighted by atomic mass is 19.4. The highest BCUT2D eigenvalue weighted by molar-refractivity contribution is 5.92. The van der Waals surface area contributed by atoms with Crippen molar-refractivity contribution in [1.82, 2.24) is 15.1 Å². The minimum atomic E-state index is -4.53. The first-order chi connectivity index (χ1) is 15.2. The number of benzene rings is 2. The van der Waals surface area contributed by atoms with Gasteiger partial charge in [-0.3, -0.25) is 9.59 Å². The number of aromatic nitrogens is 2. The van der Waals surface area contributed by atoms with Gasteiger partial charge in [0, 0.05) is 18.3 Å². The van der Waals surface area contributed by atoms with Crippen LogP contribution in [0.15, 0.2) is 59.4 Å². The fourth-order valence-corrected chi connectivity index (χ4v) is 2.97. The van der Waals surface area contributed by atoms with Crippen LogP contribution in [0.5, 0.6) is 5.75 Å². The molecule has 3 rings (SSSR count). The number of nitrogens with zero attached hydrogens (tertiary/aromatic N) is 2. The number of halogens is 3. The van der Waals surface area contributed by atoms with Gasteiger partial charge in [0.2, 0.25) is 5.43 Å². The van der Waals surface area contributed by atoms with Gasteiger partial charge in [-0.05, 0) is 49.2 Å². The zero-order valence-electron chi connectivity index (χ0n) is 17.6. The molecule has 1 aromatic heterocycles. The van der Waals surface area contributed by atoms with Crippen molar-refractivity contribution in [2.45, 2.75) is 33.0 Å². The largest absolute Gasteiger partial charge is 0.494 e. The van der Waals surface area contributed by atoms with E-state index in [-0.39, 0.29) is 12.2 Å². The molecule has 0 unspecified atom stereocenters. The van der Waals surface area contributed by atoms with E-state index in [4.69, 9.17) is 4.74 Å². The topological polar surface area (TPSA) is 73.2 Å². The Morgan fingerprint density at radius 3 is 2.50 bits per heavy atom. The van der Waals surface area contributed by atoms with Crippen molar-refractivity contribution >= 4 is 5.91 Å². The third-order valence-corrected chi connectivity index (χ3v) is 4.59. The Morgan fingerprint density at radius 2 is 1.84 bits per heavy atom. The highest BCUT2D eigenvalue weighted by Gasteiger charge is 2.30. The van der Waals surface area contributed by atoms with E-state index in [1.54, 1.807) is 24.3 Å². The summed E-state index contributed by atoms with van der Waals surface area (Å²) in [7, 11) is 0. The predicted molar refractivity (Wildman–Crippen MR) is 113 cm³/mol. The maximum Gasteiger partial charge on any atom is 0.416 e. The van der Waals surface area contributed by atoms with Crippen molar-refractivity contribution in [1.29, 1.82) is 0 Å². The number of nitrogens with one attached hydrogen (secondary N) is 1. The minimum Gasteiger partial charge on any atom is -0.494 e. The lowest BCUT2D eigenvalue weighted by molar-refractivity contribution is -0.137. The summed E-state index contributed by atoms with van der Waals surface area (Å²) in [6.07, 6.45) is -3.64. The lowest BCUT2D eigenvalue weighted by Gasteiger charge is -2.13. The molecule has 0 aliphatic heterocycles. The molecule has 6 nitrogen and oxygen atoms in total. The summed E-state index contributed by atoms with van der Waals surface area (Å²) in [6, 6.07) is 12.8. The zero-order chi connectivity index (χ0) is 23.3. The zero-order valence-corrected chi connectivity index (χ0v) is 17.6. The maximum absolute atomic E-state index is 13.1. The van der Waals surface area contributed by atoms with Gasteiger partial charge in [0.15, 0.2) is 5.69 Å². The van der Waals surface area contributed by atoms with Crippen LogP contribution >= 0.6 is 0 Å². The second-order valence-electron chi connectivity index (χ2n) is 7.13. The van der Waals surface area contributed by atoms with E-state index in [1.807, 2.05) is 6.92 Å². The monoisotopic (exact) mass is 445 g/mol. The molecule has 0 atom stereocenters. The van der Waals surface area contributed by atoms with Crippen molar-refractivity contribution in [2.75, 3.05) is 6.61 Å². The molecule has 1 amide bonds. The summed E-state index contributed by atoms with van der Waals surface area (Å²) in [5.74, 6) is -0.00635. The van der Waals surface area contributed by atoms with E-state index < -0.39 is 28.8 Å². The molecule has 0 aliphatic rings. The minimum absolute atomic E-state index is 0.0917. The van der Waals surface area contributed by atoms with Gasteiger partial charge in [0.1, 0.15) is 5.75 Å². The Balaban J connectivity index is 1.80. The van der Waals surface area contributed by atoms with Crippen LogP contribution in [-0.2, 0) is 12.7 Å². The molecule has 0 radical (unpaired) electrons. The number of aryl methyl sites for hydroxylation is 1. The molecule has 3 aromatic rings. The average molecular weight is 445 g/mol. The van der Waals surface area contributed by atoms with E-state index in [9.17, 15) is 22.8 Å². The van der Waals surface area contributed by atoms with E-state index in [1.165, 1.54) is 25.1 Å². The molecule has 1 heterocycles. The van der Waals surface area contributed by atoms with Gasteiger partial charge >= 0.3 is 6.18 Å². The molecular formula is C23H22F3N3O3. The summed E-state index contributed by atoms with van der Waals surface area (Å²) in [5.41, 5.74) is -0.704. The molecule has 168 valence electrons. The molecule has 0 saturated carbocycles. The molecule has 2 aromatic carbocycles. The first-order valence-corrected chi connectivity index (χ1v) is 9.97. The van der Waals surface area contributed by atoms with Crippen LogP contribution < -0.4 is 15.5 Å². The number of amides is 1. The average Bonchev–Trinajstić information content (AvgIpc) is 2.76. The van der Waals surface area contributed by atoms with Crippen LogP contribution in [0.3, 0.4) is 0 Å². The molecule has 0 spiro atoms. The van der Waals surface area contributed by atoms with Crippen molar-refractivity contribution in [3.8, 4) is 11.4 Å². The third-order valence-electron chi connectivity index (χ3n) is 4.59. The van der Waals surface area contributed by atoms with Crippen LogP contribution in [0.1, 0.15) is 40.7 Å². The third kappa shape index (κ3) is 5.54. The van der Waals surface area contributed by atoms with Crippen LogP contribution in [0.4, 0.5) is 13.2 Å². The number of ether oxygens (including phenoxy) is 1. The number of rotatable bonds is 7. The molecule has 9 heteroatoms. The number of hydrogen-bond acceptors (Lipinski definition) is 4. The van der Waals surface area contributed by atoms with Crippen molar-refractivity contribution in [3.63, 3.8) is 0 Å². The molecule has 32 heavy (non-hydrogen) atoms. The fraction of sp³-hybridized carbons (Fsp3) is 0.261. The van der Waals surface area contributed by atoms with Crippen LogP contribution in [0.2, 0.25) is 0 Å². The van der Waals surface area contributed by atoms with E-state index in [0.717, 1.165) is 28.8 Å². The van der Waals surface area contributed by atoms with Gasteiger partial charge in [0.05, 0.1) is 17.9 Å². The van der Waals surface area contributed by atoms with Gasteiger partial charge in [-0.15, -0.1) is 0 Å². The smallest absolute Gasteiger partial charge is 0.416 e. The Hall–Kier alpha value is -3.62. The Labute approximate surface area is 182 Å². The van der Waals surface area contributed by atoms with E-state index in [2.05, 4.69) is 10.4 Å². The molecule has 0 saturated heterocycles. The number of carbonyl (C=O) groups is 1. The van der Waals surface area contributed by atoms with Gasteiger partial charge in [0.25, 0.3) is 5.91 Å². The second-order valence-corrected chi connectivity index (χ2v) is 7.13. The number of alkyl halides is 3. The summed E-state index contributed by atoms with van der Waals surface area (Å²) >= 11 is 0. The van der Waals surface area contributed by atoms with Crippen LogP contribution in [0.25, 0.3) is 5.69 Å². The van der Waals surface area contributed by atoms with E-state index in [0.29, 0.717) is 18.1 Å². The highest BCUT2D eigenvalue weighted by Crippen LogP contribution is 2.30. The molecule has 0 bridgehead atoms. The first-order valence-electron chi connectivity index (χ1n) is 9.97. The number of hydrogen-bond donors (Lipinski definition) is 1. The van der Waals surface area contributed by atoms with Crippen molar-refractivity contribution in [3.05, 3.63) is 87.3 Å². The maximum atomic E-state index is 13.1. The lowest BCUT2D eigenvalue weighted by atomic mass is 10.2. The van der Waals surface area contributed by atoms with Gasteiger partial charge in [-0.2, -0.15) is 18.3 Å². The van der Waals surface area contributed by atoms with Crippen molar-refractivity contribution < 1.29 is 22.7 Å². The summed E-state index contributed by atoms with van der Waals surface area (Å²) < 4.78 is 45.8. The summed E-state index contributed by atoms with van der Waals surface area (Å²) in [4.78, 5) is 24.9. The molecular weight excluding hydrogens is 423 g/mol. The van der Waals surface area contributed by atoms with Crippen molar-refractivity contribution in [2.24, 2.45) is 0 Å². The fourth-order valence-electron chi connectivity index (χ4n) is 2.97. The van der Waals surface area contributed by atoms with Gasteiger partial charge in [-0.1, -0.05) is 25.1 Å². The molecule has 0 fully saturated rings. The second kappa shape index (κ2) is 9.67. The normalized spacial score (nSPS) is 11.3. The van der Waals surface area contributed by atoms with Crippen LogP contribution in [-0.4, -0.2) is 22.3 Å². The first kappa shape index (κ1) is 23.1. The predicted octanol–water partition coefficient (Wildman–Crippen LogP) is 4.28. The molecule has 0 aliphatic carbocycles. The summed E-state index contributed by atoms with van der Waals surface area (Å²) in [6.45, 7) is 4.28. The Morgan fingerprint density at radius 1 is 1.12 bits per heavy atom. The number of carbonyl (C=O) groups excluding carboxylic acids is 1. The summed E-state index contributed by atoms with van der Waals surface area (Å²) in [5, 5.41) is 6.65. The Kier molecular flexibility index (Phi) is 6.97. The van der Waals surface area contributed by atoms with E-state index >= 15 is 0 Å². The SMILES string of the molecule is CCCOc1ccc(CNC(=O)c2nn(-c3cccc(C(F)(F)F)c3)c(C)cc2=O)cc1. The standard InChI is InChI=1S/C23H22F3N3O3/c1-3-11-32-19-9-7-16(8-10-19)14-27-22(31)21-20(30)12-15(2)29(28-21)18-6-4-5-17(13-18)23(24,25)26/h4-10,12-13H,3,11,14H2,1-2H3,(H,27,31).